The van der Waals surface area contributed by atoms with E-state index in [1.807, 2.05) is 6.92 Å². The van der Waals surface area contributed by atoms with Crippen LogP contribution in [0.3, 0.4) is 0 Å². The number of rotatable bonds is 2. The molecule has 0 aromatic carbocycles. The maximum Gasteiger partial charge on any atom is 0.351 e. The first-order valence-corrected chi connectivity index (χ1v) is 2.80. The third-order valence-electron chi connectivity index (χ3n) is 0.939. The molecule has 0 aromatic rings. The normalized spacial score (nSPS) is 10.1. The average Bonchev–Trinajstić information content (AvgIpc) is 1.87. The van der Waals surface area contributed by atoms with Crippen LogP contribution in [0.25, 0.3) is 0 Å². The van der Waals surface area contributed by atoms with Crippen molar-refractivity contribution in [3.8, 4) is 0 Å². The molecule has 0 aromatic heterocycles. The molecule has 0 amide bonds. The highest BCUT2D eigenvalue weighted by Gasteiger charge is 2.00. The van der Waals surface area contributed by atoms with E-state index in [-0.39, 0.29) is 5.48 Å². The Morgan fingerprint density at radius 1 is 1.70 bits per heavy atom. The number of nitrogens with two attached hydrogens (primary N) is 1. The molecule has 0 saturated heterocycles. The van der Waals surface area contributed by atoms with Crippen LogP contribution in [0.2, 0.25) is 0 Å². The monoisotopic (exact) mass is 146 g/mol. The van der Waals surface area contributed by atoms with Gasteiger partial charge in [-0.15, -0.1) is 0 Å². The quantitative estimate of drug-likeness (QED) is 0.441. The van der Waals surface area contributed by atoms with Crippen LogP contribution in [0, 0.1) is 0 Å². The zero-order chi connectivity index (χ0) is 7.28. The summed E-state index contributed by atoms with van der Waals surface area (Å²) in [5.41, 5.74) is 0.556. The Labute approximate surface area is 59.9 Å². The number of hydrogen-bond acceptors (Lipinski definition) is 3. The molecule has 0 aliphatic heterocycles. The molecule has 3 N–H and O–H groups in total. The fourth-order valence-electron chi connectivity index (χ4n) is 0.482. The summed E-state index contributed by atoms with van der Waals surface area (Å²) in [5, 5.41) is 0. The van der Waals surface area contributed by atoms with Gasteiger partial charge < -0.3 is 4.84 Å². The van der Waals surface area contributed by atoms with Crippen molar-refractivity contribution in [1.82, 2.24) is 0 Å². The van der Waals surface area contributed by atoms with Gasteiger partial charge >= 0.3 is 5.97 Å². The molecule has 0 heterocycles. The maximum absolute atomic E-state index is 10.5. The van der Waals surface area contributed by atoms with Gasteiger partial charge in [0.1, 0.15) is 0 Å². The minimum Gasteiger partial charge on any atom is -0.370 e. The van der Waals surface area contributed by atoms with Gasteiger partial charge in [-0.05, 0) is 13.3 Å². The van der Waals surface area contributed by atoms with Crippen LogP contribution in [0.4, 0.5) is 0 Å². The van der Waals surface area contributed by atoms with E-state index in [1.165, 1.54) is 0 Å². The molecule has 0 rings (SSSR count). The van der Waals surface area contributed by atoms with Crippen molar-refractivity contribution < 1.29 is 15.1 Å². The fourth-order valence-corrected chi connectivity index (χ4v) is 0.482. The Morgan fingerprint density at radius 3 is 2.50 bits per heavy atom. The summed E-state index contributed by atoms with van der Waals surface area (Å²) in [6.07, 6.45) is 2.58. The van der Waals surface area contributed by atoms with E-state index in [4.69, 9.17) is 0 Å². The van der Waals surface area contributed by atoms with Crippen molar-refractivity contribution in [2.24, 2.45) is 5.90 Å². The Balaban J connectivity index is 0. The van der Waals surface area contributed by atoms with Gasteiger partial charge in [-0.2, -0.15) is 5.90 Å². The first-order chi connectivity index (χ1) is 4.22. The first-order valence-electron chi connectivity index (χ1n) is 2.80. The summed E-state index contributed by atoms with van der Waals surface area (Å²) in [7, 11) is 0. The molecule has 4 nitrogen and oxygen atoms in total. The predicted molar refractivity (Wildman–Crippen MR) is 36.3 cm³/mol. The van der Waals surface area contributed by atoms with Gasteiger partial charge in [-0.25, -0.2) is 4.79 Å². The lowest BCUT2D eigenvalue weighted by Gasteiger charge is -1.94. The van der Waals surface area contributed by atoms with E-state index in [2.05, 4.69) is 10.7 Å². The van der Waals surface area contributed by atoms with Crippen LogP contribution in [0.15, 0.2) is 11.6 Å². The summed E-state index contributed by atoms with van der Waals surface area (Å²) in [4.78, 5) is 14.4. The number of allylic oxidation sites excluding steroid dienone is 1. The molecule has 4 heteroatoms. The highest BCUT2D eigenvalue weighted by Crippen LogP contribution is 1.95. The molecule has 0 bridgehead atoms. The van der Waals surface area contributed by atoms with Gasteiger partial charge in [-0.1, -0.05) is 13.0 Å². The molecule has 0 fully saturated rings. The van der Waals surface area contributed by atoms with Crippen LogP contribution >= 0.6 is 0 Å². The molecule has 0 atom stereocenters. The van der Waals surface area contributed by atoms with Gasteiger partial charge in [-0.3, -0.25) is 5.48 Å². The van der Waals surface area contributed by atoms with Gasteiger partial charge in [0, 0.05) is 5.57 Å². The Hall–Kier alpha value is -0.870. The largest absolute Gasteiger partial charge is 0.370 e. The summed E-state index contributed by atoms with van der Waals surface area (Å²) in [5.74, 6) is 4.15. The van der Waals surface area contributed by atoms with Crippen molar-refractivity contribution >= 4 is 5.97 Å². The van der Waals surface area contributed by atoms with Crippen LogP contribution in [0.1, 0.15) is 20.3 Å². The summed E-state index contributed by atoms with van der Waals surface area (Å²) < 4.78 is 0. The molecular weight excluding hydrogens is 134 g/mol. The van der Waals surface area contributed by atoms with Crippen LogP contribution < -0.4 is 5.90 Å². The lowest BCUT2D eigenvalue weighted by Crippen LogP contribution is -2.10. The minimum absolute atomic E-state index is 0. The first kappa shape index (κ1) is 11.9. The maximum atomic E-state index is 10.5. The second kappa shape index (κ2) is 6.25. The molecule has 1 radical (unpaired) electrons. The molecular formula is C6H12NO3. The lowest BCUT2D eigenvalue weighted by molar-refractivity contribution is -0.139. The van der Waals surface area contributed by atoms with E-state index in [9.17, 15) is 4.79 Å². The third-order valence-corrected chi connectivity index (χ3v) is 0.939. The smallest absolute Gasteiger partial charge is 0.351 e. The van der Waals surface area contributed by atoms with E-state index in [0.717, 1.165) is 6.42 Å². The standard InChI is InChI=1S/C6H11NO2.HO/c1-3-4-5(2)6(8)9-7;/h4H,3,7H2,1-2H3;1H. The van der Waals surface area contributed by atoms with Gasteiger partial charge in [0.2, 0.25) is 0 Å². The minimum atomic E-state index is -0.461. The van der Waals surface area contributed by atoms with Gasteiger partial charge in [0.25, 0.3) is 0 Å². The molecule has 0 aliphatic rings. The SMILES string of the molecule is CCC=C(C)C(=O)ON.[OH]. The van der Waals surface area contributed by atoms with E-state index < -0.39 is 5.97 Å². The molecule has 10 heavy (non-hydrogen) atoms. The van der Waals surface area contributed by atoms with Crippen molar-refractivity contribution in [3.05, 3.63) is 11.6 Å². The van der Waals surface area contributed by atoms with Crippen LogP contribution in [0.5, 0.6) is 0 Å². The highest BCUT2D eigenvalue weighted by atomic mass is 16.7. The Morgan fingerprint density at radius 2 is 2.20 bits per heavy atom. The second-order valence-corrected chi connectivity index (χ2v) is 1.70. The second-order valence-electron chi connectivity index (χ2n) is 1.70. The molecule has 59 valence electrons. The molecule has 0 spiro atoms. The van der Waals surface area contributed by atoms with E-state index in [1.54, 1.807) is 13.0 Å². The number of carbonyl (C=O) groups is 1. The molecule has 0 unspecified atom stereocenters. The van der Waals surface area contributed by atoms with Crippen molar-refractivity contribution in [3.63, 3.8) is 0 Å². The van der Waals surface area contributed by atoms with Crippen LogP contribution in [-0.4, -0.2) is 11.4 Å². The fraction of sp³-hybridized carbons (Fsp3) is 0.500. The van der Waals surface area contributed by atoms with E-state index in [0.29, 0.717) is 5.57 Å². The van der Waals surface area contributed by atoms with Crippen LogP contribution in [-0.2, 0) is 9.63 Å². The summed E-state index contributed by atoms with van der Waals surface area (Å²) in [6.45, 7) is 3.60. The molecule has 0 saturated carbocycles. The van der Waals surface area contributed by atoms with Crippen molar-refractivity contribution in [2.45, 2.75) is 20.3 Å². The summed E-state index contributed by atoms with van der Waals surface area (Å²) >= 11 is 0. The Bertz CT molecular complexity index is 131. The zero-order valence-corrected chi connectivity index (χ0v) is 6.13. The number of carbonyl (C=O) groups excluding carboxylic acids is 1. The van der Waals surface area contributed by atoms with Gasteiger partial charge in [0.05, 0.1) is 0 Å². The van der Waals surface area contributed by atoms with Crippen molar-refractivity contribution in [1.29, 1.82) is 0 Å². The lowest BCUT2D eigenvalue weighted by atomic mass is 10.2. The van der Waals surface area contributed by atoms with Gasteiger partial charge in [0.15, 0.2) is 0 Å². The molecule has 0 aliphatic carbocycles. The third kappa shape index (κ3) is 4.05. The highest BCUT2D eigenvalue weighted by molar-refractivity contribution is 5.87. The zero-order valence-electron chi connectivity index (χ0n) is 6.13. The van der Waals surface area contributed by atoms with Crippen molar-refractivity contribution in [2.75, 3.05) is 0 Å². The average molecular weight is 146 g/mol. The number of hydrogen-bond donors (Lipinski definition) is 2. The Kier molecular flexibility index (Phi) is 7.42. The van der Waals surface area contributed by atoms with E-state index >= 15 is 0 Å². The predicted octanol–water partition coefficient (Wildman–Crippen LogP) is 0.583. The topological polar surface area (TPSA) is 82.3 Å². The summed E-state index contributed by atoms with van der Waals surface area (Å²) in [6, 6.07) is 0.